The van der Waals surface area contributed by atoms with E-state index < -0.39 is 0 Å². The van der Waals surface area contributed by atoms with Gasteiger partial charge in [-0.05, 0) is 29.8 Å². The van der Waals surface area contributed by atoms with Crippen molar-refractivity contribution >= 4 is 17.8 Å². The Morgan fingerprint density at radius 2 is 2.04 bits per heavy atom. The number of nitrogens with one attached hydrogen (secondary N) is 1. The molecule has 0 saturated heterocycles. The molecule has 0 fully saturated rings. The van der Waals surface area contributed by atoms with Crippen molar-refractivity contribution in [2.24, 2.45) is 5.10 Å². The second-order valence-corrected chi connectivity index (χ2v) is 5.09. The minimum atomic E-state index is 0.0339. The van der Waals surface area contributed by atoms with Crippen LogP contribution in [0.15, 0.2) is 47.6 Å². The van der Waals surface area contributed by atoms with Gasteiger partial charge in [0.15, 0.2) is 11.5 Å². The lowest BCUT2D eigenvalue weighted by Gasteiger charge is -2.12. The van der Waals surface area contributed by atoms with E-state index in [0.717, 1.165) is 11.1 Å². The first-order chi connectivity index (χ1) is 11.2. The lowest BCUT2D eigenvalue weighted by Crippen LogP contribution is -2.11. The third-order valence-electron chi connectivity index (χ3n) is 3.06. The molecular formula is C17H19ClN2O3. The molecular weight excluding hydrogens is 316 g/mol. The van der Waals surface area contributed by atoms with E-state index in [1.54, 1.807) is 13.3 Å². The van der Waals surface area contributed by atoms with E-state index in [1.165, 1.54) is 0 Å². The molecule has 2 aromatic rings. The zero-order valence-corrected chi connectivity index (χ0v) is 13.6. The van der Waals surface area contributed by atoms with Crippen molar-refractivity contribution in [2.45, 2.75) is 6.61 Å². The molecule has 0 heterocycles. The SMILES string of the molecule is COc1ccc(C=NNCCO)cc1OCc1ccccc1Cl. The Kier molecular flexibility index (Phi) is 6.72. The molecule has 0 unspecified atom stereocenters. The van der Waals surface area contributed by atoms with Gasteiger partial charge in [0.05, 0.1) is 26.5 Å². The fraction of sp³-hybridized carbons (Fsp3) is 0.235. The molecule has 0 bridgehead atoms. The summed E-state index contributed by atoms with van der Waals surface area (Å²) in [6.07, 6.45) is 1.65. The van der Waals surface area contributed by atoms with E-state index in [-0.39, 0.29) is 6.61 Å². The molecule has 23 heavy (non-hydrogen) atoms. The molecule has 0 spiro atoms. The number of methoxy groups -OCH3 is 1. The molecule has 0 atom stereocenters. The van der Waals surface area contributed by atoms with Gasteiger partial charge in [0.25, 0.3) is 0 Å². The predicted octanol–water partition coefficient (Wildman–Crippen LogP) is 2.84. The summed E-state index contributed by atoms with van der Waals surface area (Å²) in [4.78, 5) is 0. The summed E-state index contributed by atoms with van der Waals surface area (Å²) in [6.45, 7) is 0.786. The molecule has 0 radical (unpaired) electrons. The highest BCUT2D eigenvalue weighted by Gasteiger charge is 2.07. The summed E-state index contributed by atoms with van der Waals surface area (Å²) in [6, 6.07) is 13.0. The van der Waals surface area contributed by atoms with E-state index >= 15 is 0 Å². The number of rotatable bonds is 8. The minimum absolute atomic E-state index is 0.0339. The number of nitrogens with zero attached hydrogens (tertiary/aromatic N) is 1. The fourth-order valence-corrected chi connectivity index (χ4v) is 2.08. The van der Waals surface area contributed by atoms with Crippen molar-refractivity contribution in [2.75, 3.05) is 20.3 Å². The van der Waals surface area contributed by atoms with Gasteiger partial charge in [0.2, 0.25) is 0 Å². The van der Waals surface area contributed by atoms with Crippen LogP contribution in [0.25, 0.3) is 0 Å². The topological polar surface area (TPSA) is 63.1 Å². The van der Waals surface area contributed by atoms with Gasteiger partial charge in [-0.25, -0.2) is 0 Å². The Hall–Kier alpha value is -2.24. The van der Waals surface area contributed by atoms with Crippen LogP contribution in [0.3, 0.4) is 0 Å². The zero-order valence-electron chi connectivity index (χ0n) is 12.8. The molecule has 2 N–H and O–H groups in total. The smallest absolute Gasteiger partial charge is 0.162 e. The molecule has 0 aliphatic rings. The predicted molar refractivity (Wildman–Crippen MR) is 91.5 cm³/mol. The summed E-state index contributed by atoms with van der Waals surface area (Å²) in [5, 5.41) is 13.4. The van der Waals surface area contributed by atoms with Gasteiger partial charge in [0, 0.05) is 10.6 Å². The average molecular weight is 335 g/mol. The van der Waals surface area contributed by atoms with Crippen LogP contribution in [0.5, 0.6) is 11.5 Å². The van der Waals surface area contributed by atoms with E-state index in [2.05, 4.69) is 10.5 Å². The van der Waals surface area contributed by atoms with Crippen LogP contribution in [0.2, 0.25) is 5.02 Å². The molecule has 0 saturated carbocycles. The van der Waals surface area contributed by atoms with Gasteiger partial charge in [-0.2, -0.15) is 5.10 Å². The number of halogens is 1. The van der Waals surface area contributed by atoms with Crippen LogP contribution in [-0.4, -0.2) is 31.6 Å². The standard InChI is InChI=1S/C17H19ClN2O3/c1-22-16-7-6-13(11-20-19-8-9-21)10-17(16)23-12-14-4-2-3-5-15(14)18/h2-7,10-11,19,21H,8-9,12H2,1H3. The number of hydrogen-bond acceptors (Lipinski definition) is 5. The maximum absolute atomic E-state index is 8.69. The summed E-state index contributed by atoms with van der Waals surface area (Å²) >= 11 is 6.13. The summed E-state index contributed by atoms with van der Waals surface area (Å²) in [5.74, 6) is 1.25. The van der Waals surface area contributed by atoms with Crippen LogP contribution < -0.4 is 14.9 Å². The first kappa shape index (κ1) is 17.1. The van der Waals surface area contributed by atoms with Gasteiger partial charge >= 0.3 is 0 Å². The lowest BCUT2D eigenvalue weighted by molar-refractivity contribution is 0.284. The highest BCUT2D eigenvalue weighted by Crippen LogP contribution is 2.29. The second-order valence-electron chi connectivity index (χ2n) is 4.68. The van der Waals surface area contributed by atoms with Crippen LogP contribution in [0, 0.1) is 0 Å². The van der Waals surface area contributed by atoms with E-state index in [1.807, 2.05) is 42.5 Å². The first-order valence-corrected chi connectivity index (χ1v) is 7.53. The molecule has 0 amide bonds. The van der Waals surface area contributed by atoms with Crippen molar-refractivity contribution in [1.29, 1.82) is 0 Å². The maximum Gasteiger partial charge on any atom is 0.162 e. The first-order valence-electron chi connectivity index (χ1n) is 7.15. The van der Waals surface area contributed by atoms with Crippen molar-refractivity contribution in [1.82, 2.24) is 5.43 Å². The van der Waals surface area contributed by atoms with E-state index in [4.69, 9.17) is 26.2 Å². The van der Waals surface area contributed by atoms with Crippen molar-refractivity contribution in [3.8, 4) is 11.5 Å². The second kappa shape index (κ2) is 9.02. The van der Waals surface area contributed by atoms with Crippen LogP contribution >= 0.6 is 11.6 Å². The summed E-state index contributed by atoms with van der Waals surface area (Å²) < 4.78 is 11.1. The number of hydrazone groups is 1. The minimum Gasteiger partial charge on any atom is -0.493 e. The Morgan fingerprint density at radius 1 is 1.22 bits per heavy atom. The third kappa shape index (κ3) is 5.16. The third-order valence-corrected chi connectivity index (χ3v) is 3.43. The molecule has 0 aromatic heterocycles. The van der Waals surface area contributed by atoms with Crippen LogP contribution in [0.4, 0.5) is 0 Å². The number of hydrogen-bond donors (Lipinski definition) is 2. The van der Waals surface area contributed by atoms with Crippen LogP contribution in [0.1, 0.15) is 11.1 Å². The van der Waals surface area contributed by atoms with Crippen molar-refractivity contribution in [3.63, 3.8) is 0 Å². The molecule has 122 valence electrons. The normalized spacial score (nSPS) is 10.7. The van der Waals surface area contributed by atoms with Gasteiger partial charge in [-0.1, -0.05) is 29.8 Å². The van der Waals surface area contributed by atoms with E-state index in [0.29, 0.717) is 29.7 Å². The van der Waals surface area contributed by atoms with Gasteiger partial charge in [-0.3, -0.25) is 0 Å². The molecule has 0 aliphatic carbocycles. The van der Waals surface area contributed by atoms with Gasteiger partial charge in [0.1, 0.15) is 6.61 Å². The maximum atomic E-state index is 8.69. The summed E-state index contributed by atoms with van der Waals surface area (Å²) in [5.41, 5.74) is 4.48. The fourth-order valence-electron chi connectivity index (χ4n) is 1.89. The molecule has 5 nitrogen and oxygen atoms in total. The number of aliphatic hydroxyl groups excluding tert-OH is 1. The largest absolute Gasteiger partial charge is 0.493 e. The van der Waals surface area contributed by atoms with E-state index in [9.17, 15) is 0 Å². The Labute approximate surface area is 140 Å². The molecule has 2 rings (SSSR count). The molecule has 6 heteroatoms. The monoisotopic (exact) mass is 334 g/mol. The molecule has 0 aliphatic heterocycles. The lowest BCUT2D eigenvalue weighted by atomic mass is 10.2. The number of aliphatic hydroxyl groups is 1. The highest BCUT2D eigenvalue weighted by molar-refractivity contribution is 6.31. The zero-order chi connectivity index (χ0) is 16.5. The van der Waals surface area contributed by atoms with Gasteiger partial charge < -0.3 is 20.0 Å². The highest BCUT2D eigenvalue weighted by atomic mass is 35.5. The summed E-state index contributed by atoms with van der Waals surface area (Å²) in [7, 11) is 1.59. The molecule has 2 aromatic carbocycles. The Balaban J connectivity index is 2.09. The average Bonchev–Trinajstić information content (AvgIpc) is 2.58. The van der Waals surface area contributed by atoms with Crippen LogP contribution in [-0.2, 0) is 6.61 Å². The van der Waals surface area contributed by atoms with Crippen molar-refractivity contribution in [3.05, 3.63) is 58.6 Å². The van der Waals surface area contributed by atoms with Gasteiger partial charge in [-0.15, -0.1) is 0 Å². The number of ether oxygens (including phenoxy) is 2. The van der Waals surface area contributed by atoms with Crippen molar-refractivity contribution < 1.29 is 14.6 Å². The Bertz CT molecular complexity index is 662. The Morgan fingerprint density at radius 3 is 2.78 bits per heavy atom. The quantitative estimate of drug-likeness (QED) is 0.442. The number of benzene rings is 2.